The Morgan fingerprint density at radius 2 is 1.64 bits per heavy atom. The number of hydrogen-bond acceptors (Lipinski definition) is 6. The third kappa shape index (κ3) is 7.19. The van der Waals surface area contributed by atoms with Gasteiger partial charge in [-0.2, -0.15) is 4.72 Å². The van der Waals surface area contributed by atoms with Crippen LogP contribution in [0.2, 0.25) is 0 Å². The Kier molecular flexibility index (Phi) is 9.26. The molecule has 3 rings (SSSR count). The topological polar surface area (TPSA) is 125 Å². The van der Waals surface area contributed by atoms with Crippen molar-refractivity contribution in [1.82, 2.24) is 10.0 Å². The third-order valence-electron chi connectivity index (χ3n) is 5.63. The molecule has 3 aromatic carbocycles. The van der Waals surface area contributed by atoms with Gasteiger partial charge in [-0.1, -0.05) is 54.6 Å². The number of nitrogens with one attached hydrogen (secondary N) is 2. The SMILES string of the molecule is CN(C)c1cccc2c(S(=O)(=O)NC(CCCCNC(=O)OCc3ccccc3)C(=O)O)cccc12. The summed E-state index contributed by atoms with van der Waals surface area (Å²) in [4.78, 5) is 25.5. The number of amides is 1. The van der Waals surface area contributed by atoms with E-state index in [9.17, 15) is 23.1 Å². The Labute approximate surface area is 211 Å². The van der Waals surface area contributed by atoms with Crippen LogP contribution in [0.3, 0.4) is 0 Å². The van der Waals surface area contributed by atoms with Crippen LogP contribution in [0.25, 0.3) is 10.8 Å². The number of unbranched alkanes of at least 4 members (excludes halogenated alkanes) is 1. The molecule has 0 aliphatic carbocycles. The van der Waals surface area contributed by atoms with E-state index in [2.05, 4.69) is 10.0 Å². The van der Waals surface area contributed by atoms with Crippen LogP contribution < -0.4 is 14.9 Å². The zero-order valence-corrected chi connectivity index (χ0v) is 21.1. The highest BCUT2D eigenvalue weighted by Crippen LogP contribution is 2.30. The van der Waals surface area contributed by atoms with E-state index < -0.39 is 28.1 Å². The molecule has 3 N–H and O–H groups in total. The van der Waals surface area contributed by atoms with Crippen LogP contribution in [0, 0.1) is 0 Å². The van der Waals surface area contributed by atoms with Gasteiger partial charge in [0.05, 0.1) is 4.90 Å². The van der Waals surface area contributed by atoms with Crippen LogP contribution >= 0.6 is 0 Å². The maximum atomic E-state index is 13.1. The second-order valence-corrected chi connectivity index (χ2v) is 10.2. The number of aliphatic carboxylic acids is 1. The van der Waals surface area contributed by atoms with Crippen LogP contribution in [0.1, 0.15) is 24.8 Å². The van der Waals surface area contributed by atoms with Crippen LogP contribution in [-0.2, 0) is 26.2 Å². The second kappa shape index (κ2) is 12.4. The first-order valence-corrected chi connectivity index (χ1v) is 13.1. The van der Waals surface area contributed by atoms with Gasteiger partial charge in [-0.25, -0.2) is 13.2 Å². The van der Waals surface area contributed by atoms with Gasteiger partial charge in [-0.05, 0) is 37.0 Å². The van der Waals surface area contributed by atoms with Gasteiger partial charge < -0.3 is 20.1 Å². The number of anilines is 1. The molecule has 3 aromatic rings. The first kappa shape index (κ1) is 27.0. The van der Waals surface area contributed by atoms with Crippen molar-refractivity contribution < 1.29 is 27.9 Å². The van der Waals surface area contributed by atoms with Gasteiger partial charge in [0, 0.05) is 37.1 Å². The van der Waals surface area contributed by atoms with Crippen molar-refractivity contribution in [3.05, 3.63) is 72.3 Å². The predicted octanol–water partition coefficient (Wildman–Crippen LogP) is 3.73. The first-order valence-electron chi connectivity index (χ1n) is 11.6. The number of benzene rings is 3. The number of ether oxygens (including phenoxy) is 1. The number of rotatable bonds is 12. The Balaban J connectivity index is 1.55. The number of carbonyl (C=O) groups is 2. The van der Waals surface area contributed by atoms with Gasteiger partial charge in [0.1, 0.15) is 12.6 Å². The van der Waals surface area contributed by atoms with Crippen LogP contribution in [0.15, 0.2) is 71.6 Å². The average Bonchev–Trinajstić information content (AvgIpc) is 2.86. The van der Waals surface area contributed by atoms with Gasteiger partial charge in [0.2, 0.25) is 10.0 Å². The van der Waals surface area contributed by atoms with Crippen LogP contribution in [0.5, 0.6) is 0 Å². The molecule has 0 aliphatic heterocycles. The number of fused-ring (bicyclic) bond motifs is 1. The summed E-state index contributed by atoms with van der Waals surface area (Å²) in [6.45, 7) is 0.434. The molecule has 1 amide bonds. The van der Waals surface area contributed by atoms with E-state index >= 15 is 0 Å². The Bertz CT molecular complexity index is 1300. The summed E-state index contributed by atoms with van der Waals surface area (Å²) >= 11 is 0. The predicted molar refractivity (Wildman–Crippen MR) is 139 cm³/mol. The van der Waals surface area contributed by atoms with E-state index in [1.54, 1.807) is 18.2 Å². The molecule has 0 bridgehead atoms. The fourth-order valence-electron chi connectivity index (χ4n) is 3.81. The van der Waals surface area contributed by atoms with E-state index in [0.717, 1.165) is 16.6 Å². The molecule has 0 spiro atoms. The lowest BCUT2D eigenvalue weighted by molar-refractivity contribution is -0.139. The number of sulfonamides is 1. The molecule has 0 aromatic heterocycles. The smallest absolute Gasteiger partial charge is 0.407 e. The summed E-state index contributed by atoms with van der Waals surface area (Å²) in [5.74, 6) is -1.26. The van der Waals surface area contributed by atoms with Crippen molar-refractivity contribution in [2.45, 2.75) is 36.8 Å². The monoisotopic (exact) mass is 513 g/mol. The van der Waals surface area contributed by atoms with Gasteiger partial charge in [0.15, 0.2) is 0 Å². The van der Waals surface area contributed by atoms with Gasteiger partial charge in [-0.3, -0.25) is 4.79 Å². The van der Waals surface area contributed by atoms with E-state index in [1.807, 2.05) is 61.5 Å². The normalized spacial score (nSPS) is 12.2. The second-order valence-electron chi connectivity index (χ2n) is 8.52. The summed E-state index contributed by atoms with van der Waals surface area (Å²) in [6, 6.07) is 18.3. The standard InChI is InChI=1S/C26H31N3O6S/c1-29(2)23-15-8-13-21-20(23)12-9-16-24(21)36(33,34)28-22(25(30)31)14-6-7-17-27-26(32)35-18-19-10-4-3-5-11-19/h3-5,8-13,15-16,22,28H,6-7,14,17-18H2,1-2H3,(H,27,32)(H,30,31). The quantitative estimate of drug-likeness (QED) is 0.315. The van der Waals surface area contributed by atoms with Crippen LogP contribution in [-0.4, -0.2) is 52.3 Å². The lowest BCUT2D eigenvalue weighted by Gasteiger charge is -2.18. The van der Waals surface area contributed by atoms with Crippen molar-refractivity contribution in [2.75, 3.05) is 25.5 Å². The third-order valence-corrected chi connectivity index (χ3v) is 7.16. The summed E-state index contributed by atoms with van der Waals surface area (Å²) < 4.78 is 33.8. The number of alkyl carbamates (subject to hydrolysis) is 1. The minimum atomic E-state index is -4.10. The average molecular weight is 514 g/mol. The summed E-state index contributed by atoms with van der Waals surface area (Å²) in [7, 11) is -0.367. The van der Waals surface area contributed by atoms with Gasteiger partial charge in [-0.15, -0.1) is 0 Å². The van der Waals surface area contributed by atoms with Crippen molar-refractivity contribution in [1.29, 1.82) is 0 Å². The Morgan fingerprint density at radius 3 is 2.33 bits per heavy atom. The minimum Gasteiger partial charge on any atom is -0.480 e. The van der Waals surface area contributed by atoms with Crippen molar-refractivity contribution in [3.8, 4) is 0 Å². The van der Waals surface area contributed by atoms with E-state index in [-0.39, 0.29) is 24.5 Å². The molecule has 0 saturated heterocycles. The maximum absolute atomic E-state index is 13.1. The zero-order chi connectivity index (χ0) is 26.1. The van der Waals surface area contributed by atoms with Crippen molar-refractivity contribution in [2.24, 2.45) is 0 Å². The molecule has 0 heterocycles. The highest BCUT2D eigenvalue weighted by Gasteiger charge is 2.26. The first-order chi connectivity index (χ1) is 17.2. The minimum absolute atomic E-state index is 0.0257. The zero-order valence-electron chi connectivity index (χ0n) is 20.3. The molecular weight excluding hydrogens is 482 g/mol. The number of carboxylic acids is 1. The molecule has 0 fully saturated rings. The van der Waals surface area contributed by atoms with Gasteiger partial charge >= 0.3 is 12.1 Å². The summed E-state index contributed by atoms with van der Waals surface area (Å²) in [5.41, 5.74) is 1.72. The lowest BCUT2D eigenvalue weighted by atomic mass is 10.1. The molecule has 1 unspecified atom stereocenters. The maximum Gasteiger partial charge on any atom is 0.407 e. The molecule has 36 heavy (non-hydrogen) atoms. The number of carboxylic acid groups (broad SMARTS) is 1. The number of hydrogen-bond donors (Lipinski definition) is 3. The highest BCUT2D eigenvalue weighted by molar-refractivity contribution is 7.89. The Hall–Kier alpha value is -3.63. The molecule has 192 valence electrons. The lowest BCUT2D eigenvalue weighted by Crippen LogP contribution is -2.40. The molecule has 1 atom stereocenters. The van der Waals surface area contributed by atoms with Crippen molar-refractivity contribution >= 4 is 38.5 Å². The van der Waals surface area contributed by atoms with Crippen molar-refractivity contribution in [3.63, 3.8) is 0 Å². The summed E-state index contributed by atoms with van der Waals surface area (Å²) in [5, 5.41) is 13.5. The number of nitrogens with zero attached hydrogens (tertiary/aromatic N) is 1. The van der Waals surface area contributed by atoms with E-state index in [0.29, 0.717) is 18.2 Å². The van der Waals surface area contributed by atoms with Crippen LogP contribution in [0.4, 0.5) is 10.5 Å². The van der Waals surface area contributed by atoms with E-state index in [4.69, 9.17) is 4.74 Å². The molecule has 0 aliphatic rings. The molecule has 9 nitrogen and oxygen atoms in total. The van der Waals surface area contributed by atoms with Gasteiger partial charge in [0.25, 0.3) is 0 Å². The molecule has 10 heteroatoms. The summed E-state index contributed by atoms with van der Waals surface area (Å²) in [6.07, 6.45) is 0.358. The molecule has 0 radical (unpaired) electrons. The highest BCUT2D eigenvalue weighted by atomic mass is 32.2. The Morgan fingerprint density at radius 1 is 0.944 bits per heavy atom. The fraction of sp³-hybridized carbons (Fsp3) is 0.308. The molecule has 0 saturated carbocycles. The largest absolute Gasteiger partial charge is 0.480 e. The molecular formula is C26H31N3O6S. The fourth-order valence-corrected chi connectivity index (χ4v) is 5.26. The van der Waals surface area contributed by atoms with E-state index in [1.165, 1.54) is 6.07 Å². The number of carbonyl (C=O) groups excluding carboxylic acids is 1.